The van der Waals surface area contributed by atoms with E-state index in [0.717, 1.165) is 32.2 Å². The number of nitrogens with one attached hydrogen (secondary N) is 2. The Hall–Kier alpha value is -1.23. The van der Waals surface area contributed by atoms with Gasteiger partial charge < -0.3 is 5.32 Å². The zero-order valence-corrected chi connectivity index (χ0v) is 13.0. The predicted octanol–water partition coefficient (Wildman–Crippen LogP) is 1.03. The molecule has 0 saturated carbocycles. The van der Waals surface area contributed by atoms with Crippen molar-refractivity contribution in [3.05, 3.63) is 29.6 Å². The minimum Gasteiger partial charge on any atom is -0.314 e. The summed E-state index contributed by atoms with van der Waals surface area (Å²) in [5.74, 6) is -1.61. The molecule has 0 unspecified atom stereocenters. The zero-order valence-electron chi connectivity index (χ0n) is 12.2. The second-order valence-electron chi connectivity index (χ2n) is 5.13. The smallest absolute Gasteiger partial charge is 0.314 e. The van der Waals surface area contributed by atoms with Crippen molar-refractivity contribution in [3.8, 4) is 0 Å². The van der Waals surface area contributed by atoms with E-state index < -0.39 is 32.5 Å². The highest BCUT2D eigenvalue weighted by atomic mass is 32.2. The van der Waals surface area contributed by atoms with Gasteiger partial charge in [-0.15, -0.1) is 0 Å². The monoisotopic (exact) mass is 355 g/mol. The number of alkyl halides is 3. The molecule has 0 bridgehead atoms. The highest BCUT2D eigenvalue weighted by Crippen LogP contribution is 2.32. The first-order chi connectivity index (χ1) is 10.7. The molecule has 0 atom stereocenters. The number of hydrogen-bond donors (Lipinski definition) is 2. The minimum absolute atomic E-state index is 0.102. The van der Waals surface area contributed by atoms with Crippen LogP contribution < -0.4 is 10.0 Å². The highest BCUT2D eigenvalue weighted by Gasteiger charge is 2.34. The molecule has 1 aliphatic heterocycles. The van der Waals surface area contributed by atoms with Gasteiger partial charge in [0.05, 0.1) is 10.5 Å². The van der Waals surface area contributed by atoms with Crippen molar-refractivity contribution in [3.63, 3.8) is 0 Å². The molecule has 0 aromatic heterocycles. The molecule has 2 N–H and O–H groups in total. The van der Waals surface area contributed by atoms with Crippen LogP contribution in [0.3, 0.4) is 0 Å². The second-order valence-corrected chi connectivity index (χ2v) is 6.90. The summed E-state index contributed by atoms with van der Waals surface area (Å²) in [4.78, 5) is 1.52. The molecular weight excluding hydrogens is 338 g/mol. The first-order valence-electron chi connectivity index (χ1n) is 6.99. The summed E-state index contributed by atoms with van der Waals surface area (Å²) in [5.41, 5.74) is -1.49. The molecule has 0 spiro atoms. The van der Waals surface area contributed by atoms with Crippen molar-refractivity contribution < 1.29 is 26.0 Å². The van der Waals surface area contributed by atoms with Gasteiger partial charge in [0.2, 0.25) is 10.0 Å². The Morgan fingerprint density at radius 2 is 1.87 bits per heavy atom. The van der Waals surface area contributed by atoms with Crippen LogP contribution in [0.15, 0.2) is 23.1 Å². The summed E-state index contributed by atoms with van der Waals surface area (Å²) >= 11 is 0. The molecular formula is C13H17F4N3O2S. The zero-order chi connectivity index (χ0) is 17.1. The van der Waals surface area contributed by atoms with E-state index in [0.29, 0.717) is 18.7 Å². The summed E-state index contributed by atoms with van der Waals surface area (Å²) < 4.78 is 77.1. The fourth-order valence-electron chi connectivity index (χ4n) is 2.25. The average Bonchev–Trinajstić information content (AvgIpc) is 2.46. The molecule has 0 aliphatic carbocycles. The topological polar surface area (TPSA) is 61.4 Å². The maximum Gasteiger partial charge on any atom is 0.419 e. The third-order valence-corrected chi connectivity index (χ3v) is 4.94. The first kappa shape index (κ1) is 18.1. The quantitative estimate of drug-likeness (QED) is 0.775. The molecule has 1 fully saturated rings. The van der Waals surface area contributed by atoms with Crippen LogP contribution in [-0.4, -0.2) is 52.6 Å². The summed E-state index contributed by atoms with van der Waals surface area (Å²) in [6.07, 6.45) is -4.86. The SMILES string of the molecule is O=S(=O)(NCCN1CCNCC1)c1ccc(C(F)(F)F)c(F)c1. The van der Waals surface area contributed by atoms with Crippen LogP contribution in [0.1, 0.15) is 5.56 Å². The minimum atomic E-state index is -4.86. The van der Waals surface area contributed by atoms with E-state index in [1.54, 1.807) is 0 Å². The third kappa shape index (κ3) is 4.87. The van der Waals surface area contributed by atoms with E-state index in [1.165, 1.54) is 0 Å². The van der Waals surface area contributed by atoms with Crippen LogP contribution in [0.4, 0.5) is 17.6 Å². The molecule has 0 amide bonds. The number of benzene rings is 1. The summed E-state index contributed by atoms with van der Waals surface area (Å²) in [6, 6.07) is 1.56. The van der Waals surface area contributed by atoms with Crippen molar-refractivity contribution in [1.82, 2.24) is 14.9 Å². The van der Waals surface area contributed by atoms with Gasteiger partial charge in [0.1, 0.15) is 5.82 Å². The van der Waals surface area contributed by atoms with Crippen LogP contribution >= 0.6 is 0 Å². The van der Waals surface area contributed by atoms with Crippen molar-refractivity contribution in [2.45, 2.75) is 11.1 Å². The van der Waals surface area contributed by atoms with Gasteiger partial charge in [-0.1, -0.05) is 0 Å². The molecule has 2 rings (SSSR count). The van der Waals surface area contributed by atoms with E-state index in [1.807, 2.05) is 4.90 Å². The van der Waals surface area contributed by atoms with E-state index in [9.17, 15) is 26.0 Å². The van der Waals surface area contributed by atoms with Gasteiger partial charge in [0.25, 0.3) is 0 Å². The van der Waals surface area contributed by atoms with Crippen molar-refractivity contribution in [2.24, 2.45) is 0 Å². The Kier molecular flexibility index (Phi) is 5.61. The summed E-state index contributed by atoms with van der Waals surface area (Å²) in [7, 11) is -4.05. The van der Waals surface area contributed by atoms with Gasteiger partial charge in [0.15, 0.2) is 0 Å². The van der Waals surface area contributed by atoms with Crippen molar-refractivity contribution >= 4 is 10.0 Å². The lowest BCUT2D eigenvalue weighted by molar-refractivity contribution is -0.140. The lowest BCUT2D eigenvalue weighted by atomic mass is 10.2. The van der Waals surface area contributed by atoms with E-state index >= 15 is 0 Å². The molecule has 0 radical (unpaired) electrons. The number of nitrogens with zero attached hydrogens (tertiary/aromatic N) is 1. The summed E-state index contributed by atoms with van der Waals surface area (Å²) in [6.45, 7) is 3.79. The lowest BCUT2D eigenvalue weighted by Gasteiger charge is -2.27. The summed E-state index contributed by atoms with van der Waals surface area (Å²) in [5, 5.41) is 3.16. The number of sulfonamides is 1. The Morgan fingerprint density at radius 3 is 2.43 bits per heavy atom. The van der Waals surface area contributed by atoms with Gasteiger partial charge in [-0.05, 0) is 18.2 Å². The van der Waals surface area contributed by atoms with Crippen LogP contribution in [0.2, 0.25) is 0 Å². The Bertz CT molecular complexity index is 643. The molecule has 1 aliphatic rings. The normalized spacial score (nSPS) is 17.4. The fourth-order valence-corrected chi connectivity index (χ4v) is 3.28. The largest absolute Gasteiger partial charge is 0.419 e. The molecule has 1 saturated heterocycles. The standard InChI is InChI=1S/C13H17F4N3O2S/c14-12-9-10(1-2-11(12)13(15,16)17)23(21,22)19-5-8-20-6-3-18-4-7-20/h1-2,9,18-19H,3-8H2. The van der Waals surface area contributed by atoms with Crippen molar-refractivity contribution in [2.75, 3.05) is 39.3 Å². The number of halogens is 4. The third-order valence-electron chi connectivity index (χ3n) is 3.49. The number of piperazine rings is 1. The number of hydrogen-bond acceptors (Lipinski definition) is 4. The Morgan fingerprint density at radius 1 is 1.22 bits per heavy atom. The fraction of sp³-hybridized carbons (Fsp3) is 0.538. The Balaban J connectivity index is 2.00. The van der Waals surface area contributed by atoms with Crippen LogP contribution in [0.25, 0.3) is 0 Å². The maximum atomic E-state index is 13.5. The maximum absolute atomic E-state index is 13.5. The van der Waals surface area contributed by atoms with Gasteiger partial charge in [0, 0.05) is 39.3 Å². The second kappa shape index (κ2) is 7.12. The van der Waals surface area contributed by atoms with Gasteiger partial charge in [-0.3, -0.25) is 4.90 Å². The van der Waals surface area contributed by atoms with E-state index in [4.69, 9.17) is 0 Å². The van der Waals surface area contributed by atoms with Gasteiger partial charge in [-0.25, -0.2) is 17.5 Å². The lowest BCUT2D eigenvalue weighted by Crippen LogP contribution is -2.46. The molecule has 10 heteroatoms. The first-order valence-corrected chi connectivity index (χ1v) is 8.48. The molecule has 23 heavy (non-hydrogen) atoms. The van der Waals surface area contributed by atoms with Gasteiger partial charge >= 0.3 is 6.18 Å². The van der Waals surface area contributed by atoms with E-state index in [-0.39, 0.29) is 6.54 Å². The van der Waals surface area contributed by atoms with Crippen LogP contribution in [0, 0.1) is 5.82 Å². The average molecular weight is 355 g/mol. The van der Waals surface area contributed by atoms with Crippen molar-refractivity contribution in [1.29, 1.82) is 0 Å². The molecule has 130 valence electrons. The molecule has 1 heterocycles. The molecule has 1 aromatic rings. The van der Waals surface area contributed by atoms with Crippen LogP contribution in [-0.2, 0) is 16.2 Å². The molecule has 5 nitrogen and oxygen atoms in total. The Labute approximate surface area is 131 Å². The highest BCUT2D eigenvalue weighted by molar-refractivity contribution is 7.89. The number of rotatable bonds is 5. The van der Waals surface area contributed by atoms with E-state index in [2.05, 4.69) is 10.0 Å². The van der Waals surface area contributed by atoms with Gasteiger partial charge in [-0.2, -0.15) is 13.2 Å². The predicted molar refractivity (Wildman–Crippen MR) is 75.9 cm³/mol. The van der Waals surface area contributed by atoms with Crippen LogP contribution in [0.5, 0.6) is 0 Å². The molecule has 1 aromatic carbocycles.